The van der Waals surface area contributed by atoms with Gasteiger partial charge in [0.25, 0.3) is 0 Å². The quantitative estimate of drug-likeness (QED) is 0.753. The number of nitrogens with zero attached hydrogens (tertiary/aromatic N) is 1. The molecule has 1 atom stereocenters. The van der Waals surface area contributed by atoms with E-state index in [1.807, 2.05) is 11.8 Å². The minimum absolute atomic E-state index is 0.0458. The summed E-state index contributed by atoms with van der Waals surface area (Å²) < 4.78 is 0. The molecule has 1 aliphatic carbocycles. The fourth-order valence-corrected chi connectivity index (χ4v) is 2.32. The van der Waals surface area contributed by atoms with Crippen molar-refractivity contribution in [1.29, 1.82) is 0 Å². The summed E-state index contributed by atoms with van der Waals surface area (Å²) >= 11 is 0. The van der Waals surface area contributed by atoms with Crippen molar-refractivity contribution in [2.45, 2.75) is 51.1 Å². The molecule has 0 radical (unpaired) electrons. The molecule has 0 aromatic carbocycles. The van der Waals surface area contributed by atoms with Gasteiger partial charge in [-0.2, -0.15) is 0 Å². The standard InChI is InChI=1S/C13H23N3O2/c1-2-11(14)13(18)16-7-5-10(6-8-16)15-12(17)9-3-4-9/h9-11H,2-8,14H2,1H3,(H,15,17)/t11-/m1/s1. The Balaban J connectivity index is 1.73. The largest absolute Gasteiger partial charge is 0.353 e. The van der Waals surface area contributed by atoms with Crippen LogP contribution >= 0.6 is 0 Å². The zero-order valence-electron chi connectivity index (χ0n) is 11.0. The SMILES string of the molecule is CC[C@@H](N)C(=O)N1CCC(NC(=O)C2CC2)CC1. The number of rotatable bonds is 4. The predicted molar refractivity (Wildman–Crippen MR) is 68.7 cm³/mol. The van der Waals surface area contributed by atoms with E-state index in [1.54, 1.807) is 0 Å². The molecule has 2 rings (SSSR count). The number of nitrogens with one attached hydrogen (secondary N) is 1. The fourth-order valence-electron chi connectivity index (χ4n) is 2.32. The maximum absolute atomic E-state index is 11.9. The highest BCUT2D eigenvalue weighted by molar-refractivity contribution is 5.82. The van der Waals surface area contributed by atoms with Crippen LogP contribution < -0.4 is 11.1 Å². The van der Waals surface area contributed by atoms with Crippen LogP contribution in [0.25, 0.3) is 0 Å². The molecule has 2 amide bonds. The van der Waals surface area contributed by atoms with Gasteiger partial charge in [-0.05, 0) is 32.1 Å². The summed E-state index contributed by atoms with van der Waals surface area (Å²) in [6.45, 7) is 3.34. The van der Waals surface area contributed by atoms with Crippen LogP contribution in [0.5, 0.6) is 0 Å². The summed E-state index contributed by atoms with van der Waals surface area (Å²) in [7, 11) is 0. The summed E-state index contributed by atoms with van der Waals surface area (Å²) in [4.78, 5) is 25.3. The molecule has 1 saturated carbocycles. The van der Waals surface area contributed by atoms with Gasteiger partial charge in [-0.1, -0.05) is 6.92 Å². The van der Waals surface area contributed by atoms with Crippen molar-refractivity contribution in [3.05, 3.63) is 0 Å². The summed E-state index contributed by atoms with van der Waals surface area (Å²) in [5.74, 6) is 0.507. The van der Waals surface area contributed by atoms with E-state index in [0.29, 0.717) is 19.5 Å². The lowest BCUT2D eigenvalue weighted by Crippen LogP contribution is -2.51. The van der Waals surface area contributed by atoms with Gasteiger partial charge in [-0.3, -0.25) is 9.59 Å². The number of carbonyl (C=O) groups excluding carboxylic acids is 2. The van der Waals surface area contributed by atoms with Crippen molar-refractivity contribution < 1.29 is 9.59 Å². The third kappa shape index (κ3) is 3.22. The number of amides is 2. The fraction of sp³-hybridized carbons (Fsp3) is 0.846. The Kier molecular flexibility index (Phi) is 4.22. The first-order valence-corrected chi connectivity index (χ1v) is 6.96. The molecule has 0 spiro atoms. The molecule has 102 valence electrons. The minimum Gasteiger partial charge on any atom is -0.353 e. The van der Waals surface area contributed by atoms with E-state index in [9.17, 15) is 9.59 Å². The smallest absolute Gasteiger partial charge is 0.239 e. The van der Waals surface area contributed by atoms with Gasteiger partial charge in [0.05, 0.1) is 6.04 Å². The second-order valence-electron chi connectivity index (χ2n) is 5.40. The third-order valence-electron chi connectivity index (χ3n) is 3.86. The molecule has 5 heteroatoms. The maximum Gasteiger partial charge on any atom is 0.239 e. The Morgan fingerprint density at radius 3 is 2.39 bits per heavy atom. The molecule has 0 aromatic heterocycles. The van der Waals surface area contributed by atoms with E-state index in [0.717, 1.165) is 25.7 Å². The first kappa shape index (κ1) is 13.3. The molecule has 1 saturated heterocycles. The highest BCUT2D eigenvalue weighted by Crippen LogP contribution is 2.29. The summed E-state index contributed by atoms with van der Waals surface area (Å²) in [5, 5.41) is 3.08. The van der Waals surface area contributed by atoms with Gasteiger partial charge in [0.1, 0.15) is 0 Å². The van der Waals surface area contributed by atoms with Crippen LogP contribution in [0.2, 0.25) is 0 Å². The minimum atomic E-state index is -0.373. The van der Waals surface area contributed by atoms with Crippen molar-refractivity contribution >= 4 is 11.8 Å². The topological polar surface area (TPSA) is 75.4 Å². The lowest BCUT2D eigenvalue weighted by molar-refractivity contribution is -0.133. The lowest BCUT2D eigenvalue weighted by atomic mass is 10.0. The number of likely N-dealkylation sites (tertiary alicyclic amines) is 1. The van der Waals surface area contributed by atoms with E-state index in [4.69, 9.17) is 5.73 Å². The number of carbonyl (C=O) groups is 2. The molecule has 18 heavy (non-hydrogen) atoms. The molecule has 0 bridgehead atoms. The Hall–Kier alpha value is -1.10. The van der Waals surface area contributed by atoms with Crippen molar-refractivity contribution in [2.24, 2.45) is 11.7 Å². The molecule has 1 heterocycles. The lowest BCUT2D eigenvalue weighted by Gasteiger charge is -2.33. The van der Waals surface area contributed by atoms with Crippen LogP contribution in [0.15, 0.2) is 0 Å². The van der Waals surface area contributed by atoms with E-state index in [-0.39, 0.29) is 29.8 Å². The number of nitrogens with two attached hydrogens (primary N) is 1. The van der Waals surface area contributed by atoms with E-state index < -0.39 is 0 Å². The van der Waals surface area contributed by atoms with Gasteiger partial charge in [0.15, 0.2) is 0 Å². The molecule has 0 unspecified atom stereocenters. The van der Waals surface area contributed by atoms with Crippen LogP contribution in [-0.2, 0) is 9.59 Å². The maximum atomic E-state index is 11.9. The molecule has 5 nitrogen and oxygen atoms in total. The monoisotopic (exact) mass is 253 g/mol. The van der Waals surface area contributed by atoms with Crippen LogP contribution in [0.1, 0.15) is 39.0 Å². The molecular weight excluding hydrogens is 230 g/mol. The van der Waals surface area contributed by atoms with Gasteiger partial charge in [0, 0.05) is 25.0 Å². The highest BCUT2D eigenvalue weighted by atomic mass is 16.2. The molecule has 3 N–H and O–H groups in total. The molecule has 0 aromatic rings. The number of piperidine rings is 1. The second-order valence-corrected chi connectivity index (χ2v) is 5.40. The average molecular weight is 253 g/mol. The first-order chi connectivity index (χ1) is 8.61. The number of hydrogen-bond donors (Lipinski definition) is 2. The molecular formula is C13H23N3O2. The Morgan fingerprint density at radius 2 is 1.89 bits per heavy atom. The summed E-state index contributed by atoms with van der Waals surface area (Å²) in [5.41, 5.74) is 5.75. The zero-order valence-corrected chi connectivity index (χ0v) is 11.0. The van der Waals surface area contributed by atoms with Crippen molar-refractivity contribution in [3.63, 3.8) is 0 Å². The van der Waals surface area contributed by atoms with Crippen LogP contribution in [-0.4, -0.2) is 41.9 Å². The Labute approximate surface area is 108 Å². The van der Waals surface area contributed by atoms with Crippen molar-refractivity contribution in [3.8, 4) is 0 Å². The van der Waals surface area contributed by atoms with E-state index >= 15 is 0 Å². The van der Waals surface area contributed by atoms with E-state index in [2.05, 4.69) is 5.32 Å². The molecule has 2 fully saturated rings. The summed E-state index contributed by atoms with van der Waals surface area (Å²) in [6, 6.07) is -0.136. The van der Waals surface area contributed by atoms with Crippen molar-refractivity contribution in [1.82, 2.24) is 10.2 Å². The molecule has 1 aliphatic heterocycles. The van der Waals surface area contributed by atoms with E-state index in [1.165, 1.54) is 0 Å². The Morgan fingerprint density at radius 1 is 1.28 bits per heavy atom. The Bertz CT molecular complexity index is 320. The predicted octanol–water partition coefficient (Wildman–Crippen LogP) is 0.241. The second kappa shape index (κ2) is 5.69. The third-order valence-corrected chi connectivity index (χ3v) is 3.86. The number of hydrogen-bond acceptors (Lipinski definition) is 3. The average Bonchev–Trinajstić information content (AvgIpc) is 3.22. The van der Waals surface area contributed by atoms with Gasteiger partial charge >= 0.3 is 0 Å². The van der Waals surface area contributed by atoms with Crippen molar-refractivity contribution in [2.75, 3.05) is 13.1 Å². The van der Waals surface area contributed by atoms with Gasteiger partial charge in [0.2, 0.25) is 11.8 Å². The van der Waals surface area contributed by atoms with Crippen LogP contribution in [0.3, 0.4) is 0 Å². The normalized spacial score (nSPS) is 22.7. The highest BCUT2D eigenvalue weighted by Gasteiger charge is 2.32. The van der Waals surface area contributed by atoms with Crippen LogP contribution in [0.4, 0.5) is 0 Å². The first-order valence-electron chi connectivity index (χ1n) is 6.96. The summed E-state index contributed by atoms with van der Waals surface area (Å²) in [6.07, 6.45) is 4.45. The van der Waals surface area contributed by atoms with Gasteiger partial charge in [-0.25, -0.2) is 0 Å². The zero-order chi connectivity index (χ0) is 13.1. The van der Waals surface area contributed by atoms with Gasteiger partial charge in [-0.15, -0.1) is 0 Å². The molecule has 2 aliphatic rings. The van der Waals surface area contributed by atoms with Gasteiger partial charge < -0.3 is 16.0 Å². The van der Waals surface area contributed by atoms with Crippen LogP contribution in [0, 0.1) is 5.92 Å².